The molecule has 1 aromatic rings. The SMILES string of the molecule is Cc1ccccc1[C@H](C)NC1CCCC(C(C)C)C1. The van der Waals surface area contributed by atoms with Crippen LogP contribution in [0.4, 0.5) is 0 Å². The molecule has 1 aliphatic carbocycles. The molecule has 1 heteroatoms. The number of hydrogen-bond donors (Lipinski definition) is 1. The molecule has 0 bridgehead atoms. The maximum Gasteiger partial charge on any atom is 0.0296 e. The minimum absolute atomic E-state index is 0.470. The smallest absolute Gasteiger partial charge is 0.0296 e. The Morgan fingerprint density at radius 1 is 1.11 bits per heavy atom. The lowest BCUT2D eigenvalue weighted by Crippen LogP contribution is -2.37. The van der Waals surface area contributed by atoms with Crippen LogP contribution < -0.4 is 5.32 Å². The van der Waals surface area contributed by atoms with Crippen molar-refractivity contribution in [1.82, 2.24) is 5.32 Å². The summed E-state index contributed by atoms with van der Waals surface area (Å²) >= 11 is 0. The summed E-state index contributed by atoms with van der Waals surface area (Å²) in [5.74, 6) is 1.74. The van der Waals surface area contributed by atoms with E-state index in [4.69, 9.17) is 0 Å². The van der Waals surface area contributed by atoms with Gasteiger partial charge >= 0.3 is 0 Å². The summed E-state index contributed by atoms with van der Waals surface area (Å²) < 4.78 is 0. The van der Waals surface area contributed by atoms with Gasteiger partial charge in [0.15, 0.2) is 0 Å². The van der Waals surface area contributed by atoms with Crippen molar-refractivity contribution in [2.24, 2.45) is 11.8 Å². The molecule has 0 spiro atoms. The van der Waals surface area contributed by atoms with Gasteiger partial charge in [-0.2, -0.15) is 0 Å². The third kappa shape index (κ3) is 3.82. The molecule has 106 valence electrons. The number of benzene rings is 1. The van der Waals surface area contributed by atoms with E-state index in [1.807, 2.05) is 0 Å². The van der Waals surface area contributed by atoms with Crippen LogP contribution in [0.1, 0.15) is 63.6 Å². The molecule has 0 aliphatic heterocycles. The van der Waals surface area contributed by atoms with E-state index in [0.717, 1.165) is 11.8 Å². The highest BCUT2D eigenvalue weighted by Gasteiger charge is 2.25. The van der Waals surface area contributed by atoms with E-state index in [2.05, 4.69) is 57.3 Å². The fourth-order valence-corrected chi connectivity index (χ4v) is 3.50. The molecule has 1 aromatic carbocycles. The van der Waals surface area contributed by atoms with E-state index >= 15 is 0 Å². The monoisotopic (exact) mass is 259 g/mol. The number of nitrogens with one attached hydrogen (secondary N) is 1. The third-order valence-electron chi connectivity index (χ3n) is 4.80. The zero-order chi connectivity index (χ0) is 13.8. The standard InChI is InChI=1S/C18H29N/c1-13(2)16-9-7-10-17(12-16)19-15(4)18-11-6-5-8-14(18)3/h5-6,8,11,13,15-17,19H,7,9-10,12H2,1-4H3/t15-,16?,17?/m0/s1. The minimum atomic E-state index is 0.470. The largest absolute Gasteiger partial charge is 0.307 e. The van der Waals surface area contributed by atoms with Crippen LogP contribution in [0, 0.1) is 18.8 Å². The molecule has 0 radical (unpaired) electrons. The van der Waals surface area contributed by atoms with Gasteiger partial charge in [-0.15, -0.1) is 0 Å². The Labute approximate surface area is 118 Å². The van der Waals surface area contributed by atoms with Gasteiger partial charge in [-0.25, -0.2) is 0 Å². The second-order valence-electron chi connectivity index (χ2n) is 6.61. The summed E-state index contributed by atoms with van der Waals surface area (Å²) in [4.78, 5) is 0. The lowest BCUT2D eigenvalue weighted by atomic mass is 9.79. The molecular formula is C18H29N. The summed E-state index contributed by atoms with van der Waals surface area (Å²) in [5, 5.41) is 3.86. The summed E-state index contributed by atoms with van der Waals surface area (Å²) in [6, 6.07) is 9.92. The van der Waals surface area contributed by atoms with E-state index in [1.54, 1.807) is 0 Å². The Morgan fingerprint density at radius 2 is 1.84 bits per heavy atom. The number of hydrogen-bond acceptors (Lipinski definition) is 1. The molecule has 3 atom stereocenters. The average Bonchev–Trinajstić information content (AvgIpc) is 2.39. The number of rotatable bonds is 4. The van der Waals surface area contributed by atoms with E-state index in [1.165, 1.54) is 36.8 Å². The van der Waals surface area contributed by atoms with Gasteiger partial charge in [-0.05, 0) is 49.7 Å². The summed E-state index contributed by atoms with van der Waals surface area (Å²) in [6.45, 7) is 9.27. The second kappa shape index (κ2) is 6.56. The van der Waals surface area contributed by atoms with Gasteiger partial charge in [0.1, 0.15) is 0 Å². The molecule has 2 unspecified atom stereocenters. The topological polar surface area (TPSA) is 12.0 Å². The van der Waals surface area contributed by atoms with Crippen LogP contribution in [-0.2, 0) is 0 Å². The van der Waals surface area contributed by atoms with Crippen molar-refractivity contribution in [1.29, 1.82) is 0 Å². The number of aryl methyl sites for hydroxylation is 1. The van der Waals surface area contributed by atoms with Crippen molar-refractivity contribution < 1.29 is 0 Å². The average molecular weight is 259 g/mol. The molecule has 19 heavy (non-hydrogen) atoms. The van der Waals surface area contributed by atoms with Crippen LogP contribution in [0.25, 0.3) is 0 Å². The fourth-order valence-electron chi connectivity index (χ4n) is 3.50. The fraction of sp³-hybridized carbons (Fsp3) is 0.667. The molecule has 1 saturated carbocycles. The van der Waals surface area contributed by atoms with Crippen LogP contribution in [0.5, 0.6) is 0 Å². The molecule has 1 fully saturated rings. The van der Waals surface area contributed by atoms with Crippen molar-refractivity contribution in [2.75, 3.05) is 0 Å². The maximum atomic E-state index is 3.86. The van der Waals surface area contributed by atoms with E-state index in [0.29, 0.717) is 12.1 Å². The van der Waals surface area contributed by atoms with Gasteiger partial charge in [0.05, 0.1) is 0 Å². The molecule has 1 nitrogen and oxygen atoms in total. The van der Waals surface area contributed by atoms with Gasteiger partial charge in [0.25, 0.3) is 0 Å². The zero-order valence-corrected chi connectivity index (χ0v) is 12.9. The van der Waals surface area contributed by atoms with E-state index in [-0.39, 0.29) is 0 Å². The lowest BCUT2D eigenvalue weighted by molar-refractivity contribution is 0.222. The molecule has 0 aromatic heterocycles. The Hall–Kier alpha value is -0.820. The quantitative estimate of drug-likeness (QED) is 0.814. The van der Waals surface area contributed by atoms with Gasteiger partial charge in [0.2, 0.25) is 0 Å². The first-order valence-corrected chi connectivity index (χ1v) is 7.89. The molecule has 1 aliphatic rings. The highest BCUT2D eigenvalue weighted by molar-refractivity contribution is 5.28. The molecular weight excluding hydrogens is 230 g/mol. The summed E-state index contributed by atoms with van der Waals surface area (Å²) in [5.41, 5.74) is 2.85. The van der Waals surface area contributed by atoms with E-state index in [9.17, 15) is 0 Å². The first-order valence-electron chi connectivity index (χ1n) is 7.89. The molecule has 0 saturated heterocycles. The zero-order valence-electron chi connectivity index (χ0n) is 12.9. The van der Waals surface area contributed by atoms with Gasteiger partial charge in [-0.3, -0.25) is 0 Å². The predicted molar refractivity (Wildman–Crippen MR) is 83.3 cm³/mol. The normalized spacial score (nSPS) is 25.5. The Kier molecular flexibility index (Phi) is 5.04. The molecule has 2 rings (SSSR count). The van der Waals surface area contributed by atoms with Crippen molar-refractivity contribution in [3.05, 3.63) is 35.4 Å². The van der Waals surface area contributed by atoms with Gasteiger partial charge in [-0.1, -0.05) is 51.0 Å². The van der Waals surface area contributed by atoms with Gasteiger partial charge in [0, 0.05) is 12.1 Å². The van der Waals surface area contributed by atoms with Crippen LogP contribution in [0.3, 0.4) is 0 Å². The van der Waals surface area contributed by atoms with Crippen molar-refractivity contribution >= 4 is 0 Å². The summed E-state index contributed by atoms with van der Waals surface area (Å²) in [6.07, 6.45) is 5.52. The highest BCUT2D eigenvalue weighted by atomic mass is 14.9. The van der Waals surface area contributed by atoms with Crippen molar-refractivity contribution in [2.45, 2.75) is 65.5 Å². The predicted octanol–water partition coefficient (Wildman–Crippen LogP) is 4.86. The first kappa shape index (κ1) is 14.6. The van der Waals surface area contributed by atoms with Crippen LogP contribution in [-0.4, -0.2) is 6.04 Å². The van der Waals surface area contributed by atoms with Crippen LogP contribution in [0.2, 0.25) is 0 Å². The van der Waals surface area contributed by atoms with Gasteiger partial charge < -0.3 is 5.32 Å². The lowest BCUT2D eigenvalue weighted by Gasteiger charge is -2.34. The van der Waals surface area contributed by atoms with Crippen LogP contribution in [0.15, 0.2) is 24.3 Å². The first-order chi connectivity index (χ1) is 9.08. The highest BCUT2D eigenvalue weighted by Crippen LogP contribution is 2.31. The maximum absolute atomic E-state index is 3.86. The van der Waals surface area contributed by atoms with Crippen molar-refractivity contribution in [3.8, 4) is 0 Å². The Bertz CT molecular complexity index is 396. The van der Waals surface area contributed by atoms with Crippen LogP contribution >= 0.6 is 0 Å². The minimum Gasteiger partial charge on any atom is -0.307 e. The summed E-state index contributed by atoms with van der Waals surface area (Å²) in [7, 11) is 0. The molecule has 0 heterocycles. The Balaban J connectivity index is 1.95. The molecule has 1 N–H and O–H groups in total. The van der Waals surface area contributed by atoms with Crippen molar-refractivity contribution in [3.63, 3.8) is 0 Å². The second-order valence-corrected chi connectivity index (χ2v) is 6.61. The van der Waals surface area contributed by atoms with E-state index < -0.39 is 0 Å². The Morgan fingerprint density at radius 3 is 2.53 bits per heavy atom. The third-order valence-corrected chi connectivity index (χ3v) is 4.80. The molecule has 0 amide bonds.